The predicted molar refractivity (Wildman–Crippen MR) is 80.6 cm³/mol. The molecule has 1 unspecified atom stereocenters. The summed E-state index contributed by atoms with van der Waals surface area (Å²) >= 11 is 0. The van der Waals surface area contributed by atoms with Crippen molar-refractivity contribution in [3.63, 3.8) is 0 Å². The Kier molecular flexibility index (Phi) is 3.80. The molecule has 1 heterocycles. The predicted octanol–water partition coefficient (Wildman–Crippen LogP) is 2.67. The Morgan fingerprint density at radius 2 is 1.86 bits per heavy atom. The van der Waals surface area contributed by atoms with Crippen LogP contribution in [0.2, 0.25) is 0 Å². The van der Waals surface area contributed by atoms with Crippen molar-refractivity contribution < 1.29 is 22.1 Å². The van der Waals surface area contributed by atoms with Crippen molar-refractivity contribution in [3.8, 4) is 11.5 Å². The minimum absolute atomic E-state index is 0.115. The molecule has 2 aromatic rings. The third-order valence-electron chi connectivity index (χ3n) is 3.46. The second-order valence-electron chi connectivity index (χ2n) is 5.06. The molecule has 1 aliphatic rings. The van der Waals surface area contributed by atoms with E-state index in [2.05, 4.69) is 0 Å². The molecule has 2 aromatic carbocycles. The minimum Gasteiger partial charge on any atom is -0.493 e. The van der Waals surface area contributed by atoms with Gasteiger partial charge in [0.1, 0.15) is 0 Å². The maximum atomic E-state index is 12.3. The van der Waals surface area contributed by atoms with Crippen LogP contribution in [-0.2, 0) is 20.7 Å². The first-order chi connectivity index (χ1) is 10.5. The Balaban J connectivity index is 1.79. The van der Waals surface area contributed by atoms with Gasteiger partial charge in [0.2, 0.25) is 6.29 Å². The number of rotatable bonds is 4. The van der Waals surface area contributed by atoms with Gasteiger partial charge < -0.3 is 9.47 Å². The molecule has 0 amide bonds. The van der Waals surface area contributed by atoms with Crippen molar-refractivity contribution in [3.05, 3.63) is 53.6 Å². The van der Waals surface area contributed by atoms with Crippen LogP contribution < -0.4 is 9.47 Å². The average Bonchev–Trinajstić information content (AvgIpc) is 2.89. The van der Waals surface area contributed by atoms with Crippen LogP contribution in [0, 0.1) is 6.92 Å². The van der Waals surface area contributed by atoms with Gasteiger partial charge in [0.05, 0.1) is 12.0 Å². The zero-order valence-electron chi connectivity index (χ0n) is 12.3. The number of ether oxygens (including phenoxy) is 2. The lowest BCUT2D eigenvalue weighted by Crippen LogP contribution is -2.22. The van der Waals surface area contributed by atoms with Crippen LogP contribution in [0.3, 0.4) is 0 Å². The van der Waals surface area contributed by atoms with E-state index in [1.54, 1.807) is 18.2 Å². The second kappa shape index (κ2) is 5.62. The van der Waals surface area contributed by atoms with E-state index >= 15 is 0 Å². The van der Waals surface area contributed by atoms with E-state index in [-0.39, 0.29) is 4.90 Å². The molecular formula is C16H16O5S. The van der Waals surface area contributed by atoms with E-state index in [0.717, 1.165) is 11.1 Å². The van der Waals surface area contributed by atoms with Gasteiger partial charge in [0.15, 0.2) is 11.5 Å². The van der Waals surface area contributed by atoms with Crippen molar-refractivity contribution >= 4 is 10.1 Å². The second-order valence-corrected chi connectivity index (χ2v) is 6.64. The van der Waals surface area contributed by atoms with Crippen LogP contribution in [0.4, 0.5) is 0 Å². The highest BCUT2D eigenvalue weighted by molar-refractivity contribution is 7.86. The summed E-state index contributed by atoms with van der Waals surface area (Å²) < 4.78 is 40.5. The highest BCUT2D eigenvalue weighted by atomic mass is 32.2. The number of para-hydroxylation sites is 1. The zero-order chi connectivity index (χ0) is 15.7. The molecule has 6 heteroatoms. The summed E-state index contributed by atoms with van der Waals surface area (Å²) in [5, 5.41) is 0. The smallest absolute Gasteiger partial charge is 0.300 e. The summed E-state index contributed by atoms with van der Waals surface area (Å²) in [5.41, 5.74) is 1.84. The van der Waals surface area contributed by atoms with Gasteiger partial charge >= 0.3 is 0 Å². The molecule has 0 saturated heterocycles. The third-order valence-corrected chi connectivity index (χ3v) is 4.78. The fourth-order valence-corrected chi connectivity index (χ4v) is 3.30. The fraction of sp³-hybridized carbons (Fsp3) is 0.250. The first-order valence-corrected chi connectivity index (χ1v) is 8.23. The van der Waals surface area contributed by atoms with Gasteiger partial charge in [-0.1, -0.05) is 29.8 Å². The Morgan fingerprint density at radius 1 is 1.14 bits per heavy atom. The number of methoxy groups -OCH3 is 1. The number of hydrogen-bond acceptors (Lipinski definition) is 5. The summed E-state index contributed by atoms with van der Waals surface area (Å²) in [6.45, 7) is 1.89. The van der Waals surface area contributed by atoms with Crippen LogP contribution in [0.15, 0.2) is 47.4 Å². The van der Waals surface area contributed by atoms with Crippen molar-refractivity contribution in [1.29, 1.82) is 0 Å². The molecule has 3 rings (SSSR count). The van der Waals surface area contributed by atoms with E-state index in [4.69, 9.17) is 13.7 Å². The van der Waals surface area contributed by atoms with Gasteiger partial charge in [-0.25, -0.2) is 4.18 Å². The summed E-state index contributed by atoms with van der Waals surface area (Å²) in [7, 11) is -2.33. The monoisotopic (exact) mass is 320 g/mol. The molecule has 0 spiro atoms. The summed E-state index contributed by atoms with van der Waals surface area (Å²) in [6.07, 6.45) is -0.518. The molecule has 5 nitrogen and oxygen atoms in total. The van der Waals surface area contributed by atoms with Crippen molar-refractivity contribution in [2.75, 3.05) is 7.11 Å². The number of aryl methyl sites for hydroxylation is 1. The molecule has 0 radical (unpaired) electrons. The quantitative estimate of drug-likeness (QED) is 0.811. The first kappa shape index (κ1) is 14.9. The first-order valence-electron chi connectivity index (χ1n) is 6.82. The largest absolute Gasteiger partial charge is 0.493 e. The molecule has 1 aliphatic heterocycles. The molecule has 0 aliphatic carbocycles. The molecule has 0 fully saturated rings. The number of benzene rings is 2. The Bertz CT molecular complexity index is 781. The minimum atomic E-state index is -3.86. The van der Waals surface area contributed by atoms with E-state index in [1.165, 1.54) is 19.2 Å². The molecule has 0 N–H and O–H groups in total. The van der Waals surface area contributed by atoms with Crippen LogP contribution in [0.5, 0.6) is 11.5 Å². The van der Waals surface area contributed by atoms with Gasteiger partial charge in [0, 0.05) is 12.0 Å². The highest BCUT2D eigenvalue weighted by Gasteiger charge is 2.31. The van der Waals surface area contributed by atoms with Crippen LogP contribution >= 0.6 is 0 Å². The average molecular weight is 320 g/mol. The summed E-state index contributed by atoms with van der Waals surface area (Å²) in [4.78, 5) is 0.115. The van der Waals surface area contributed by atoms with Gasteiger partial charge in [-0.3, -0.25) is 0 Å². The maximum Gasteiger partial charge on any atom is 0.300 e. The lowest BCUT2D eigenvalue weighted by atomic mass is 10.1. The zero-order valence-corrected chi connectivity index (χ0v) is 13.1. The maximum absolute atomic E-state index is 12.3. The molecule has 1 atom stereocenters. The molecule has 0 bridgehead atoms. The topological polar surface area (TPSA) is 61.8 Å². The lowest BCUT2D eigenvalue weighted by molar-refractivity contribution is 0.0296. The highest BCUT2D eigenvalue weighted by Crippen LogP contribution is 2.38. The molecule has 116 valence electrons. The summed E-state index contributed by atoms with van der Waals surface area (Å²) in [5.74, 6) is 1.10. The van der Waals surface area contributed by atoms with Crippen molar-refractivity contribution in [2.45, 2.75) is 24.5 Å². The number of hydrogen-bond donors (Lipinski definition) is 0. The van der Waals surface area contributed by atoms with Crippen LogP contribution in [0.1, 0.15) is 11.1 Å². The van der Waals surface area contributed by atoms with Crippen LogP contribution in [0.25, 0.3) is 0 Å². The third kappa shape index (κ3) is 2.80. The SMILES string of the molecule is COc1cccc2c1OC(OS(=O)(=O)c1ccc(C)cc1)C2. The normalized spacial score (nSPS) is 16.9. The Hall–Kier alpha value is -2.05. The molecular weight excluding hydrogens is 304 g/mol. The van der Waals surface area contributed by atoms with E-state index < -0.39 is 16.4 Å². The lowest BCUT2D eigenvalue weighted by Gasteiger charge is -2.13. The van der Waals surface area contributed by atoms with Crippen molar-refractivity contribution in [2.24, 2.45) is 0 Å². The van der Waals surface area contributed by atoms with E-state index in [1.807, 2.05) is 19.1 Å². The van der Waals surface area contributed by atoms with E-state index in [9.17, 15) is 8.42 Å². The molecule has 0 saturated carbocycles. The van der Waals surface area contributed by atoms with Gasteiger partial charge in [-0.2, -0.15) is 8.42 Å². The fourth-order valence-electron chi connectivity index (χ4n) is 2.32. The van der Waals surface area contributed by atoms with E-state index in [0.29, 0.717) is 17.9 Å². The Labute approximate surface area is 129 Å². The molecule has 0 aromatic heterocycles. The molecule has 22 heavy (non-hydrogen) atoms. The van der Waals surface area contributed by atoms with Crippen LogP contribution in [-0.4, -0.2) is 21.8 Å². The van der Waals surface area contributed by atoms with Gasteiger partial charge in [-0.05, 0) is 25.1 Å². The Morgan fingerprint density at radius 3 is 2.55 bits per heavy atom. The summed E-state index contributed by atoms with van der Waals surface area (Å²) in [6, 6.07) is 11.9. The standard InChI is InChI=1S/C16H16O5S/c1-11-6-8-13(9-7-11)22(17,18)21-15-10-12-4-3-5-14(19-2)16(12)20-15/h3-9,15H,10H2,1-2H3. The van der Waals surface area contributed by atoms with Gasteiger partial charge in [-0.15, -0.1) is 0 Å². The number of fused-ring (bicyclic) bond motifs is 1. The van der Waals surface area contributed by atoms with Gasteiger partial charge in [0.25, 0.3) is 10.1 Å². The van der Waals surface area contributed by atoms with Crippen molar-refractivity contribution in [1.82, 2.24) is 0 Å².